The van der Waals surface area contributed by atoms with E-state index >= 15 is 0 Å². The van der Waals surface area contributed by atoms with E-state index in [1.54, 1.807) is 7.05 Å². The largest absolute Gasteiger partial charge is 0.445 e. The second-order valence-corrected chi connectivity index (χ2v) is 8.50. The molecule has 8 nitrogen and oxygen atoms in total. The van der Waals surface area contributed by atoms with Gasteiger partial charge in [-0.1, -0.05) is 11.3 Å². The minimum Gasteiger partial charge on any atom is -0.357 e. The van der Waals surface area contributed by atoms with Gasteiger partial charge in [-0.25, -0.2) is 8.42 Å². The van der Waals surface area contributed by atoms with Gasteiger partial charge < -0.3 is 5.32 Å². The van der Waals surface area contributed by atoms with E-state index in [4.69, 9.17) is 0 Å². The smallest absolute Gasteiger partial charge is 0.357 e. The molecule has 0 aromatic carbocycles. The highest BCUT2D eigenvalue weighted by Crippen LogP contribution is 2.33. The monoisotopic (exact) mass is 396 g/mol. The van der Waals surface area contributed by atoms with Crippen molar-refractivity contribution in [1.82, 2.24) is 24.3 Å². The molecule has 3 heterocycles. The number of aromatic nitrogens is 4. The van der Waals surface area contributed by atoms with Crippen molar-refractivity contribution in [1.29, 1.82) is 0 Å². The van der Waals surface area contributed by atoms with Crippen LogP contribution in [0.15, 0.2) is 17.3 Å². The molecule has 3 rings (SSSR count). The minimum absolute atomic E-state index is 0.0842. The molecule has 1 N–H and O–H groups in total. The van der Waals surface area contributed by atoms with E-state index < -0.39 is 21.2 Å². The maximum atomic E-state index is 12.5. The summed E-state index contributed by atoms with van der Waals surface area (Å²) in [5.74, 6) is 0. The summed E-state index contributed by atoms with van der Waals surface area (Å²) in [6, 6.07) is -0.158. The third-order valence-corrected chi connectivity index (χ3v) is 6.52. The first kappa shape index (κ1) is 18.1. The van der Waals surface area contributed by atoms with Gasteiger partial charge in [0, 0.05) is 32.4 Å². The quantitative estimate of drug-likeness (QED) is 0.843. The molecule has 1 fully saturated rings. The lowest BCUT2D eigenvalue weighted by atomic mass is 10.1. The Hall–Kier alpha value is -1.73. The van der Waals surface area contributed by atoms with E-state index in [0.29, 0.717) is 24.2 Å². The van der Waals surface area contributed by atoms with Crippen molar-refractivity contribution in [2.75, 3.05) is 18.4 Å². The van der Waals surface area contributed by atoms with Gasteiger partial charge in [-0.2, -0.15) is 22.6 Å². The molecule has 25 heavy (non-hydrogen) atoms. The normalized spacial score (nSPS) is 17.8. The van der Waals surface area contributed by atoms with Crippen LogP contribution in [0.1, 0.15) is 17.8 Å². The molecule has 0 saturated carbocycles. The molecule has 0 spiro atoms. The van der Waals surface area contributed by atoms with Crippen LogP contribution >= 0.6 is 11.3 Å². The van der Waals surface area contributed by atoms with E-state index in [-0.39, 0.29) is 29.2 Å². The van der Waals surface area contributed by atoms with Gasteiger partial charge in [0.1, 0.15) is 4.90 Å². The summed E-state index contributed by atoms with van der Waals surface area (Å²) in [4.78, 5) is 0.125. The zero-order chi connectivity index (χ0) is 18.2. The molecular formula is C12H15F3N6O2S2. The highest BCUT2D eigenvalue weighted by atomic mass is 32.2. The summed E-state index contributed by atoms with van der Waals surface area (Å²) in [6.45, 7) is 0.527. The van der Waals surface area contributed by atoms with Crippen LogP contribution in [0.4, 0.5) is 18.3 Å². The molecule has 1 saturated heterocycles. The molecule has 2 aromatic heterocycles. The van der Waals surface area contributed by atoms with Gasteiger partial charge >= 0.3 is 6.18 Å². The van der Waals surface area contributed by atoms with E-state index in [1.165, 1.54) is 21.4 Å². The van der Waals surface area contributed by atoms with Crippen molar-refractivity contribution in [3.63, 3.8) is 0 Å². The fourth-order valence-electron chi connectivity index (χ4n) is 2.49. The van der Waals surface area contributed by atoms with Gasteiger partial charge in [0.2, 0.25) is 20.2 Å². The molecule has 0 bridgehead atoms. The van der Waals surface area contributed by atoms with Crippen molar-refractivity contribution in [2.24, 2.45) is 7.05 Å². The van der Waals surface area contributed by atoms with Crippen LogP contribution in [-0.2, 0) is 23.2 Å². The van der Waals surface area contributed by atoms with Gasteiger partial charge in [-0.15, -0.1) is 10.2 Å². The van der Waals surface area contributed by atoms with Crippen molar-refractivity contribution in [3.8, 4) is 0 Å². The lowest BCUT2D eigenvalue weighted by Crippen LogP contribution is -2.42. The summed E-state index contributed by atoms with van der Waals surface area (Å²) in [7, 11) is -1.97. The molecule has 0 aliphatic carbocycles. The van der Waals surface area contributed by atoms with Gasteiger partial charge in [0.25, 0.3) is 0 Å². The minimum atomic E-state index is -4.52. The highest BCUT2D eigenvalue weighted by Gasteiger charge is 2.36. The van der Waals surface area contributed by atoms with E-state index in [9.17, 15) is 21.6 Å². The second-order valence-electron chi connectivity index (χ2n) is 5.58. The molecule has 0 amide bonds. The van der Waals surface area contributed by atoms with Crippen LogP contribution in [0, 0.1) is 0 Å². The van der Waals surface area contributed by atoms with E-state index in [0.717, 1.165) is 0 Å². The number of nitrogens with zero attached hydrogens (tertiary/aromatic N) is 5. The Morgan fingerprint density at radius 3 is 2.48 bits per heavy atom. The Morgan fingerprint density at radius 1 is 1.28 bits per heavy atom. The number of halogens is 3. The summed E-state index contributed by atoms with van der Waals surface area (Å²) in [6.07, 6.45) is -0.876. The third kappa shape index (κ3) is 3.93. The Kier molecular flexibility index (Phi) is 4.72. The zero-order valence-corrected chi connectivity index (χ0v) is 14.7. The molecular weight excluding hydrogens is 381 g/mol. The number of hydrogen-bond acceptors (Lipinski definition) is 7. The average molecular weight is 396 g/mol. The van der Waals surface area contributed by atoms with Crippen molar-refractivity contribution < 1.29 is 21.6 Å². The first-order chi connectivity index (χ1) is 11.7. The first-order valence-corrected chi connectivity index (χ1v) is 9.58. The third-order valence-electron chi connectivity index (χ3n) is 3.77. The first-order valence-electron chi connectivity index (χ1n) is 7.32. The molecule has 1 aliphatic heterocycles. The fraction of sp³-hybridized carbons (Fsp3) is 0.583. The van der Waals surface area contributed by atoms with Crippen molar-refractivity contribution >= 4 is 26.5 Å². The van der Waals surface area contributed by atoms with Gasteiger partial charge in [-0.3, -0.25) is 4.68 Å². The number of piperidine rings is 1. The van der Waals surface area contributed by atoms with E-state index in [1.807, 2.05) is 0 Å². The van der Waals surface area contributed by atoms with Gasteiger partial charge in [-0.05, 0) is 12.8 Å². The van der Waals surface area contributed by atoms with Crippen LogP contribution in [0.5, 0.6) is 0 Å². The summed E-state index contributed by atoms with van der Waals surface area (Å²) in [5, 5.41) is 12.4. The van der Waals surface area contributed by atoms with Crippen LogP contribution < -0.4 is 5.32 Å². The molecule has 0 atom stereocenters. The highest BCUT2D eigenvalue weighted by molar-refractivity contribution is 7.89. The number of hydrogen-bond donors (Lipinski definition) is 1. The topological polar surface area (TPSA) is 93.0 Å². The molecule has 0 unspecified atom stereocenters. The molecule has 13 heteroatoms. The number of alkyl halides is 3. The maximum absolute atomic E-state index is 12.5. The number of nitrogens with one attached hydrogen (secondary N) is 1. The Labute approximate surface area is 145 Å². The number of sulfonamides is 1. The van der Waals surface area contributed by atoms with E-state index in [2.05, 4.69) is 20.6 Å². The predicted octanol–water partition coefficient (Wildman–Crippen LogP) is 1.56. The Balaban J connectivity index is 1.59. The standard InChI is InChI=1S/C12H15F3N6O2S2/c1-20-7-9(6-16-20)25(22,23)21-4-2-8(3-5-21)17-11-19-18-10(24-11)12(13,14)15/h6-8H,2-5H2,1H3,(H,17,19). The number of aryl methyl sites for hydroxylation is 1. The van der Waals surface area contributed by atoms with Gasteiger partial charge in [0.05, 0.1) is 6.20 Å². The zero-order valence-electron chi connectivity index (χ0n) is 13.1. The predicted molar refractivity (Wildman–Crippen MR) is 83.5 cm³/mol. The van der Waals surface area contributed by atoms with Crippen LogP contribution in [0.25, 0.3) is 0 Å². The average Bonchev–Trinajstić information content (AvgIpc) is 3.17. The molecule has 0 radical (unpaired) electrons. The lowest BCUT2D eigenvalue weighted by molar-refractivity contribution is -0.138. The summed E-state index contributed by atoms with van der Waals surface area (Å²) >= 11 is 0.438. The second kappa shape index (κ2) is 6.53. The lowest BCUT2D eigenvalue weighted by Gasteiger charge is -2.31. The van der Waals surface area contributed by atoms with Crippen molar-refractivity contribution in [2.45, 2.75) is 30.0 Å². The summed E-state index contributed by atoms with van der Waals surface area (Å²) < 4.78 is 65.3. The van der Waals surface area contributed by atoms with Crippen LogP contribution in [-0.4, -0.2) is 51.8 Å². The Morgan fingerprint density at radius 2 is 1.96 bits per heavy atom. The maximum Gasteiger partial charge on any atom is 0.445 e. The molecule has 1 aliphatic rings. The van der Waals surface area contributed by atoms with Crippen molar-refractivity contribution in [3.05, 3.63) is 17.4 Å². The Bertz CT molecular complexity index is 839. The molecule has 138 valence electrons. The van der Waals surface area contributed by atoms with Gasteiger partial charge in [0.15, 0.2) is 0 Å². The fourth-order valence-corrected chi connectivity index (χ4v) is 4.64. The SMILES string of the molecule is Cn1cc(S(=O)(=O)N2CCC(Nc3nnc(C(F)(F)F)s3)CC2)cn1. The number of anilines is 1. The van der Waals surface area contributed by atoms with Crippen LogP contribution in [0.2, 0.25) is 0 Å². The molecule has 2 aromatic rings. The summed E-state index contributed by atoms with van der Waals surface area (Å²) in [5.41, 5.74) is 0. The number of rotatable bonds is 4. The van der Waals surface area contributed by atoms with Crippen LogP contribution in [0.3, 0.4) is 0 Å².